The first-order chi connectivity index (χ1) is 17.3. The third kappa shape index (κ3) is 6.13. The van der Waals surface area contributed by atoms with Gasteiger partial charge < -0.3 is 4.74 Å². The number of hydrogen-bond acceptors (Lipinski definition) is 1. The molecule has 0 aromatic carbocycles. The van der Waals surface area contributed by atoms with E-state index in [1.165, 1.54) is 109 Å². The normalized spacial score (nSPS) is 38.9. The highest BCUT2D eigenvalue weighted by molar-refractivity contribution is 5.25. The van der Waals surface area contributed by atoms with E-state index in [1.807, 2.05) is 0 Å². The first-order valence-corrected chi connectivity index (χ1v) is 16.6. The largest absolute Gasteiger partial charge is 0.378 e. The zero-order chi connectivity index (χ0) is 25.8. The second kappa shape index (κ2) is 12.7. The van der Waals surface area contributed by atoms with Crippen LogP contribution in [-0.2, 0) is 4.74 Å². The van der Waals surface area contributed by atoms with Crippen molar-refractivity contribution >= 4 is 0 Å². The number of hydrogen-bond donors (Lipinski definition) is 0. The first kappa shape index (κ1) is 28.7. The Kier molecular flexibility index (Phi) is 10.1. The summed E-state index contributed by atoms with van der Waals surface area (Å²) in [5.41, 5.74) is 2.86. The molecule has 0 bridgehead atoms. The van der Waals surface area contributed by atoms with Crippen LogP contribution in [0.1, 0.15) is 151 Å². The van der Waals surface area contributed by atoms with Gasteiger partial charge in [0, 0.05) is 6.61 Å². The molecule has 1 heteroatoms. The Morgan fingerprint density at radius 1 is 0.861 bits per heavy atom. The van der Waals surface area contributed by atoms with Crippen molar-refractivity contribution in [2.75, 3.05) is 6.61 Å². The topological polar surface area (TPSA) is 9.23 Å². The lowest BCUT2D eigenvalue weighted by molar-refractivity contribution is -0.0642. The predicted octanol–water partition coefficient (Wildman–Crippen LogP) is 10.8. The van der Waals surface area contributed by atoms with Crippen molar-refractivity contribution in [1.82, 2.24) is 0 Å². The molecular formula is C35H62O. The van der Waals surface area contributed by atoms with Crippen LogP contribution in [0.4, 0.5) is 0 Å². The van der Waals surface area contributed by atoms with Gasteiger partial charge in [0.25, 0.3) is 0 Å². The Labute approximate surface area is 226 Å². The Hall–Kier alpha value is -0.300. The second-order valence-corrected chi connectivity index (χ2v) is 14.8. The van der Waals surface area contributed by atoms with Crippen LogP contribution in [0.25, 0.3) is 0 Å². The van der Waals surface area contributed by atoms with Crippen molar-refractivity contribution in [2.24, 2.45) is 46.3 Å². The summed E-state index contributed by atoms with van der Waals surface area (Å²) in [5, 5.41) is 0. The van der Waals surface area contributed by atoms with E-state index in [-0.39, 0.29) is 0 Å². The molecule has 0 radical (unpaired) electrons. The number of fused-ring (bicyclic) bond motifs is 5. The summed E-state index contributed by atoms with van der Waals surface area (Å²) in [4.78, 5) is 0. The average molecular weight is 499 g/mol. The van der Waals surface area contributed by atoms with Gasteiger partial charge in [-0.15, -0.1) is 0 Å². The summed E-state index contributed by atoms with van der Waals surface area (Å²) in [6.07, 6.45) is 27.0. The molecule has 8 atom stereocenters. The van der Waals surface area contributed by atoms with Crippen molar-refractivity contribution in [3.63, 3.8) is 0 Å². The van der Waals surface area contributed by atoms with Crippen LogP contribution in [0, 0.1) is 46.3 Å². The van der Waals surface area contributed by atoms with Crippen molar-refractivity contribution in [1.29, 1.82) is 0 Å². The maximum absolute atomic E-state index is 6.47. The van der Waals surface area contributed by atoms with Gasteiger partial charge in [0.2, 0.25) is 0 Å². The van der Waals surface area contributed by atoms with Gasteiger partial charge in [-0.3, -0.25) is 0 Å². The van der Waals surface area contributed by atoms with E-state index in [1.54, 1.807) is 5.57 Å². The summed E-state index contributed by atoms with van der Waals surface area (Å²) >= 11 is 0. The Balaban J connectivity index is 1.30. The van der Waals surface area contributed by atoms with E-state index in [9.17, 15) is 0 Å². The summed E-state index contributed by atoms with van der Waals surface area (Å²) in [5.74, 6) is 5.59. The molecular weight excluding hydrogens is 436 g/mol. The van der Waals surface area contributed by atoms with Crippen LogP contribution in [-0.4, -0.2) is 12.7 Å². The van der Waals surface area contributed by atoms with Crippen LogP contribution >= 0.6 is 0 Å². The molecule has 0 saturated heterocycles. The SMILES string of the molecule is CCCCCCCCCOC1CC[C@@]2(C)C(=CC[C@H]3[C@@H]4CC[C@H]([C@H](C)CCC(C)C)[C@@]4(C)CC[C@@H]32)C1. The van der Waals surface area contributed by atoms with Gasteiger partial charge in [-0.25, -0.2) is 0 Å². The fourth-order valence-electron chi connectivity index (χ4n) is 9.85. The summed E-state index contributed by atoms with van der Waals surface area (Å²) in [7, 11) is 0. The highest BCUT2D eigenvalue weighted by atomic mass is 16.5. The molecule has 1 nitrogen and oxygen atoms in total. The number of allylic oxidation sites excluding steroid dienone is 1. The molecule has 0 heterocycles. The molecule has 0 aliphatic heterocycles. The zero-order valence-electron chi connectivity index (χ0n) is 25.3. The lowest BCUT2D eigenvalue weighted by atomic mass is 9.47. The molecule has 0 spiro atoms. The van der Waals surface area contributed by atoms with Gasteiger partial charge in [-0.05, 0) is 104 Å². The standard InChI is InChI=1S/C35H62O/c1-7-8-9-10-11-12-13-24-36-29-20-22-34(5)28(25-29)16-17-30-32-19-18-31(27(4)15-14-26(2)3)35(32,6)23-21-33(30)34/h16,26-27,29-33H,7-15,17-25H2,1-6H3/t27-,29?,30+,31-,32+,33+,34+,35-/m1/s1. The molecule has 36 heavy (non-hydrogen) atoms. The summed E-state index contributed by atoms with van der Waals surface area (Å²) in [6, 6.07) is 0. The van der Waals surface area contributed by atoms with E-state index in [4.69, 9.17) is 4.74 Å². The fourth-order valence-corrected chi connectivity index (χ4v) is 9.85. The van der Waals surface area contributed by atoms with Gasteiger partial charge >= 0.3 is 0 Å². The van der Waals surface area contributed by atoms with Crippen molar-refractivity contribution in [3.8, 4) is 0 Å². The van der Waals surface area contributed by atoms with Crippen molar-refractivity contribution in [3.05, 3.63) is 11.6 Å². The van der Waals surface area contributed by atoms with E-state index < -0.39 is 0 Å². The molecule has 208 valence electrons. The van der Waals surface area contributed by atoms with Gasteiger partial charge in [-0.1, -0.05) is 105 Å². The van der Waals surface area contributed by atoms with Crippen LogP contribution in [0.15, 0.2) is 11.6 Å². The highest BCUT2D eigenvalue weighted by Crippen LogP contribution is 2.67. The molecule has 0 N–H and O–H groups in total. The summed E-state index contributed by atoms with van der Waals surface area (Å²) < 4.78 is 6.47. The minimum Gasteiger partial charge on any atom is -0.378 e. The van der Waals surface area contributed by atoms with Gasteiger partial charge in [0.15, 0.2) is 0 Å². The van der Waals surface area contributed by atoms with Gasteiger partial charge in [-0.2, -0.15) is 0 Å². The first-order valence-electron chi connectivity index (χ1n) is 16.6. The quantitative estimate of drug-likeness (QED) is 0.181. The van der Waals surface area contributed by atoms with Crippen LogP contribution in [0.3, 0.4) is 0 Å². The van der Waals surface area contributed by atoms with E-state index >= 15 is 0 Å². The second-order valence-electron chi connectivity index (χ2n) is 14.8. The molecule has 0 aromatic rings. The fraction of sp³-hybridized carbons (Fsp3) is 0.943. The molecule has 3 fully saturated rings. The molecule has 1 unspecified atom stereocenters. The summed E-state index contributed by atoms with van der Waals surface area (Å²) in [6.45, 7) is 16.1. The Morgan fingerprint density at radius 3 is 2.36 bits per heavy atom. The molecule has 4 aliphatic rings. The predicted molar refractivity (Wildman–Crippen MR) is 156 cm³/mol. The van der Waals surface area contributed by atoms with Gasteiger partial charge in [0.05, 0.1) is 6.10 Å². The van der Waals surface area contributed by atoms with Crippen molar-refractivity contribution < 1.29 is 4.74 Å². The van der Waals surface area contributed by atoms with Crippen LogP contribution in [0.2, 0.25) is 0 Å². The third-order valence-corrected chi connectivity index (χ3v) is 12.1. The number of unbranched alkanes of at least 4 members (excludes halogenated alkanes) is 6. The maximum Gasteiger partial charge on any atom is 0.0612 e. The molecule has 4 aliphatic carbocycles. The Morgan fingerprint density at radius 2 is 1.61 bits per heavy atom. The molecule has 4 rings (SSSR count). The highest BCUT2D eigenvalue weighted by Gasteiger charge is 2.59. The van der Waals surface area contributed by atoms with E-state index in [0.717, 1.165) is 42.1 Å². The molecule has 0 aromatic heterocycles. The minimum atomic E-state index is 0.463. The lowest BCUT2D eigenvalue weighted by Crippen LogP contribution is -2.51. The third-order valence-electron chi connectivity index (χ3n) is 12.1. The minimum absolute atomic E-state index is 0.463. The van der Waals surface area contributed by atoms with Crippen molar-refractivity contribution in [2.45, 2.75) is 157 Å². The molecule has 3 saturated carbocycles. The average Bonchev–Trinajstić information content (AvgIpc) is 3.21. The van der Waals surface area contributed by atoms with E-state index in [2.05, 4.69) is 47.6 Å². The number of rotatable bonds is 13. The Bertz CT molecular complexity index is 707. The van der Waals surface area contributed by atoms with Gasteiger partial charge in [0.1, 0.15) is 0 Å². The lowest BCUT2D eigenvalue weighted by Gasteiger charge is -2.58. The monoisotopic (exact) mass is 498 g/mol. The molecule has 0 amide bonds. The van der Waals surface area contributed by atoms with Crippen LogP contribution in [0.5, 0.6) is 0 Å². The number of ether oxygens (including phenoxy) is 1. The zero-order valence-corrected chi connectivity index (χ0v) is 25.3. The van der Waals surface area contributed by atoms with Crippen LogP contribution < -0.4 is 0 Å². The maximum atomic E-state index is 6.47. The van der Waals surface area contributed by atoms with E-state index in [0.29, 0.717) is 16.9 Å². The smallest absolute Gasteiger partial charge is 0.0612 e.